The Labute approximate surface area is 132 Å². The van der Waals surface area contributed by atoms with Crippen molar-refractivity contribution in [3.05, 3.63) is 10.8 Å². The highest BCUT2D eigenvalue weighted by Crippen LogP contribution is 2.44. The number of nitrogens with one attached hydrogen (secondary N) is 1. The Morgan fingerprint density at radius 1 is 0.950 bits per heavy atom. The van der Waals surface area contributed by atoms with Gasteiger partial charge in [-0.25, -0.2) is 0 Å². The van der Waals surface area contributed by atoms with Crippen LogP contribution in [0.2, 0.25) is 16.6 Å². The topological polar surface area (TPSA) is 12.0 Å². The van der Waals surface area contributed by atoms with Crippen LogP contribution in [0.4, 0.5) is 0 Å². The van der Waals surface area contributed by atoms with E-state index < -0.39 is 8.07 Å². The van der Waals surface area contributed by atoms with Gasteiger partial charge in [0.2, 0.25) is 0 Å². The van der Waals surface area contributed by atoms with Crippen LogP contribution in [0.3, 0.4) is 0 Å². The number of rotatable bonds is 8. The summed E-state index contributed by atoms with van der Waals surface area (Å²) < 4.78 is 0. The maximum atomic E-state index is 3.96. The maximum Gasteiger partial charge on any atom is 0.0801 e. The number of allylic oxidation sites excluding steroid dienone is 1. The van der Waals surface area contributed by atoms with Crippen molar-refractivity contribution in [2.45, 2.75) is 91.0 Å². The molecule has 3 heteroatoms. The first-order valence-corrected chi connectivity index (χ1v) is 11.8. The zero-order chi connectivity index (χ0) is 16.1. The molecule has 0 saturated heterocycles. The van der Waals surface area contributed by atoms with Gasteiger partial charge in [-0.05, 0) is 36.9 Å². The van der Waals surface area contributed by atoms with Crippen molar-refractivity contribution in [1.29, 1.82) is 0 Å². The lowest BCUT2D eigenvalue weighted by molar-refractivity contribution is 0.588. The minimum atomic E-state index is -1.38. The van der Waals surface area contributed by atoms with E-state index in [-0.39, 0.29) is 0 Å². The van der Waals surface area contributed by atoms with Crippen molar-refractivity contribution in [3.63, 3.8) is 0 Å². The Morgan fingerprint density at radius 3 is 1.60 bits per heavy atom. The SMILES string of the molecule is CCC(NCC(C)=C(C)[SiH3])[Si](C(C)C)(C(C)C)C(C)C. The van der Waals surface area contributed by atoms with E-state index in [4.69, 9.17) is 0 Å². The van der Waals surface area contributed by atoms with Gasteiger partial charge in [0.1, 0.15) is 0 Å². The quantitative estimate of drug-likeness (QED) is 0.661. The van der Waals surface area contributed by atoms with Crippen LogP contribution in [0, 0.1) is 0 Å². The second-order valence-corrected chi connectivity index (χ2v) is 15.2. The zero-order valence-electron chi connectivity index (χ0n) is 15.7. The smallest absolute Gasteiger partial charge is 0.0801 e. The average Bonchev–Trinajstić information content (AvgIpc) is 2.31. The van der Waals surface area contributed by atoms with E-state index in [0.29, 0.717) is 0 Å². The highest BCUT2D eigenvalue weighted by Gasteiger charge is 2.47. The lowest BCUT2D eigenvalue weighted by Crippen LogP contribution is -2.61. The van der Waals surface area contributed by atoms with Crippen LogP contribution in [0.1, 0.15) is 68.7 Å². The summed E-state index contributed by atoms with van der Waals surface area (Å²) in [6, 6.07) is 0. The van der Waals surface area contributed by atoms with Crippen LogP contribution in [-0.4, -0.2) is 30.5 Å². The molecule has 0 aliphatic rings. The van der Waals surface area contributed by atoms with Gasteiger partial charge in [0.05, 0.1) is 8.07 Å². The van der Waals surface area contributed by atoms with Gasteiger partial charge in [-0.2, -0.15) is 0 Å². The maximum absolute atomic E-state index is 3.96. The van der Waals surface area contributed by atoms with Crippen molar-refractivity contribution in [3.8, 4) is 0 Å². The molecule has 1 nitrogen and oxygen atoms in total. The fourth-order valence-corrected chi connectivity index (χ4v) is 12.1. The van der Waals surface area contributed by atoms with E-state index in [9.17, 15) is 0 Å². The van der Waals surface area contributed by atoms with Gasteiger partial charge in [-0.1, -0.05) is 59.2 Å². The molecule has 0 aliphatic carbocycles. The highest BCUT2D eigenvalue weighted by atomic mass is 28.3. The molecular weight excluding hydrogens is 274 g/mol. The third kappa shape index (κ3) is 4.31. The van der Waals surface area contributed by atoms with Crippen LogP contribution in [-0.2, 0) is 0 Å². The highest BCUT2D eigenvalue weighted by molar-refractivity contribution is 6.84. The molecule has 1 atom stereocenters. The molecule has 20 heavy (non-hydrogen) atoms. The number of hydrogen-bond acceptors (Lipinski definition) is 1. The Morgan fingerprint density at radius 2 is 1.35 bits per heavy atom. The van der Waals surface area contributed by atoms with Gasteiger partial charge in [0.15, 0.2) is 0 Å². The molecule has 0 heterocycles. The van der Waals surface area contributed by atoms with Crippen LogP contribution in [0.25, 0.3) is 0 Å². The van der Waals surface area contributed by atoms with Gasteiger partial charge in [-0.3, -0.25) is 0 Å². The van der Waals surface area contributed by atoms with Crippen LogP contribution < -0.4 is 5.32 Å². The summed E-state index contributed by atoms with van der Waals surface area (Å²) in [7, 11) is -0.186. The summed E-state index contributed by atoms with van der Waals surface area (Å²) >= 11 is 0. The zero-order valence-corrected chi connectivity index (χ0v) is 18.7. The first-order chi connectivity index (χ1) is 9.12. The van der Waals surface area contributed by atoms with Crippen LogP contribution >= 0.6 is 0 Å². The Kier molecular flexibility index (Phi) is 8.60. The first kappa shape index (κ1) is 20.1. The summed E-state index contributed by atoms with van der Waals surface area (Å²) in [4.78, 5) is 0. The Bertz CT molecular complexity index is 293. The predicted octanol–water partition coefficient (Wildman–Crippen LogP) is 4.23. The van der Waals surface area contributed by atoms with Crippen molar-refractivity contribution in [2.75, 3.05) is 6.54 Å². The van der Waals surface area contributed by atoms with Crippen LogP contribution in [0.5, 0.6) is 0 Å². The van der Waals surface area contributed by atoms with E-state index in [2.05, 4.69) is 67.6 Å². The summed E-state index contributed by atoms with van der Waals surface area (Å²) in [6.45, 7) is 22.9. The molecule has 0 fully saturated rings. The standard InChI is InChI=1S/C17H39NSi2/c1-10-17(18-11-15(8)16(9)19)20(12(2)3,13(4)5)14(6)7/h12-14,17-18H,10-11H2,1-9,19H3. The molecule has 0 bridgehead atoms. The lowest BCUT2D eigenvalue weighted by Gasteiger charge is -2.49. The lowest BCUT2D eigenvalue weighted by atomic mass is 10.3. The van der Waals surface area contributed by atoms with E-state index in [1.165, 1.54) is 16.7 Å². The Balaban J connectivity index is 5.36. The summed E-state index contributed by atoms with van der Waals surface area (Å²) in [5.74, 6) is 0. The van der Waals surface area contributed by atoms with E-state index in [0.717, 1.165) is 28.8 Å². The third-order valence-electron chi connectivity index (χ3n) is 5.48. The van der Waals surface area contributed by atoms with E-state index in [1.54, 1.807) is 10.8 Å². The molecule has 0 amide bonds. The van der Waals surface area contributed by atoms with Gasteiger partial charge < -0.3 is 5.32 Å². The molecule has 1 N–H and O–H groups in total. The second kappa shape index (κ2) is 8.55. The minimum absolute atomic E-state index is 0.735. The van der Waals surface area contributed by atoms with Crippen molar-refractivity contribution >= 4 is 18.3 Å². The molecule has 0 aromatic carbocycles. The van der Waals surface area contributed by atoms with Gasteiger partial charge in [0.25, 0.3) is 0 Å². The summed E-state index contributed by atoms with van der Waals surface area (Å²) in [5.41, 5.74) is 4.80. The molecule has 0 aromatic heterocycles. The van der Waals surface area contributed by atoms with Gasteiger partial charge >= 0.3 is 0 Å². The van der Waals surface area contributed by atoms with E-state index in [1.807, 2.05) is 0 Å². The van der Waals surface area contributed by atoms with Gasteiger partial charge in [-0.15, -0.1) is 0 Å². The van der Waals surface area contributed by atoms with Crippen molar-refractivity contribution in [1.82, 2.24) is 5.32 Å². The largest absolute Gasteiger partial charge is 0.313 e. The molecule has 1 unspecified atom stereocenters. The van der Waals surface area contributed by atoms with Crippen LogP contribution in [0.15, 0.2) is 10.8 Å². The predicted molar refractivity (Wildman–Crippen MR) is 101 cm³/mol. The molecule has 0 rings (SSSR count). The second-order valence-electron chi connectivity index (χ2n) is 7.59. The first-order valence-electron chi connectivity index (χ1n) is 8.48. The monoisotopic (exact) mass is 313 g/mol. The third-order valence-corrected chi connectivity index (χ3v) is 14.2. The molecule has 0 aromatic rings. The fourth-order valence-electron chi connectivity index (χ4n) is 4.33. The summed E-state index contributed by atoms with van der Waals surface area (Å²) in [5, 5.41) is 5.56. The molecule has 0 aliphatic heterocycles. The molecule has 0 spiro atoms. The molecule has 120 valence electrons. The van der Waals surface area contributed by atoms with Crippen molar-refractivity contribution < 1.29 is 0 Å². The number of hydrogen-bond donors (Lipinski definition) is 1. The fraction of sp³-hybridized carbons (Fsp3) is 0.882. The average molecular weight is 314 g/mol. The summed E-state index contributed by atoms with van der Waals surface area (Å²) in [6.07, 6.45) is 1.27. The minimum Gasteiger partial charge on any atom is -0.313 e. The Hall–Kier alpha value is 0.134. The molecule has 0 radical (unpaired) electrons. The molecular formula is C17H39NSi2. The van der Waals surface area contributed by atoms with Crippen molar-refractivity contribution in [2.24, 2.45) is 0 Å². The van der Waals surface area contributed by atoms with Gasteiger partial charge in [0, 0.05) is 22.5 Å². The van der Waals surface area contributed by atoms with E-state index >= 15 is 0 Å². The normalized spacial score (nSPS) is 16.2. The molecule has 0 saturated carbocycles.